The molecule has 0 saturated carbocycles. The Morgan fingerprint density at radius 3 is 2.90 bits per heavy atom. The molecule has 20 heavy (non-hydrogen) atoms. The van der Waals surface area contributed by atoms with Crippen LogP contribution in [0, 0.1) is 0 Å². The number of carbonyl (C=O) groups excluding carboxylic acids is 1. The lowest BCUT2D eigenvalue weighted by atomic mass is 10.1. The summed E-state index contributed by atoms with van der Waals surface area (Å²) in [4.78, 5) is 16.2. The second-order valence-electron chi connectivity index (χ2n) is 4.94. The van der Waals surface area contributed by atoms with Gasteiger partial charge in [-0.3, -0.25) is 4.79 Å². The number of hydrogen-bond donors (Lipinski definition) is 1. The molecule has 106 valence electrons. The predicted molar refractivity (Wildman–Crippen MR) is 79.6 cm³/mol. The molecule has 5 heteroatoms. The standard InChI is InChI=1S/C15H19N3O2/c1-2-8-18-14(19)11-20-13-5-3-4-12(15(13)18)17-9-6-16-7-10-17/h2-5,16H,1,6-11H2. The Balaban J connectivity index is 2.02. The fourth-order valence-electron chi connectivity index (χ4n) is 2.72. The summed E-state index contributed by atoms with van der Waals surface area (Å²) in [5.41, 5.74) is 1.95. The van der Waals surface area contributed by atoms with Crippen LogP contribution in [0.1, 0.15) is 0 Å². The van der Waals surface area contributed by atoms with E-state index in [9.17, 15) is 4.79 Å². The molecule has 0 aromatic heterocycles. The molecule has 1 aromatic rings. The van der Waals surface area contributed by atoms with Crippen molar-refractivity contribution in [2.45, 2.75) is 0 Å². The van der Waals surface area contributed by atoms with Crippen LogP contribution in [0.25, 0.3) is 0 Å². The number of benzene rings is 1. The number of piperazine rings is 1. The van der Waals surface area contributed by atoms with E-state index < -0.39 is 0 Å². The molecule has 1 saturated heterocycles. The van der Waals surface area contributed by atoms with Crippen molar-refractivity contribution in [2.75, 3.05) is 49.1 Å². The lowest BCUT2D eigenvalue weighted by Crippen LogP contribution is -2.45. The van der Waals surface area contributed by atoms with Crippen LogP contribution in [0.2, 0.25) is 0 Å². The van der Waals surface area contributed by atoms with E-state index in [4.69, 9.17) is 4.74 Å². The minimum absolute atomic E-state index is 0.0139. The average molecular weight is 273 g/mol. The number of amides is 1. The molecule has 2 aliphatic heterocycles. The lowest BCUT2D eigenvalue weighted by molar-refractivity contribution is -0.121. The van der Waals surface area contributed by atoms with Crippen molar-refractivity contribution < 1.29 is 9.53 Å². The highest BCUT2D eigenvalue weighted by Crippen LogP contribution is 2.40. The highest BCUT2D eigenvalue weighted by molar-refractivity contribution is 6.01. The Hall–Kier alpha value is -2.01. The van der Waals surface area contributed by atoms with Crippen molar-refractivity contribution >= 4 is 17.3 Å². The van der Waals surface area contributed by atoms with Gasteiger partial charge in [-0.15, -0.1) is 6.58 Å². The molecule has 0 aliphatic carbocycles. The first-order valence-corrected chi connectivity index (χ1v) is 6.94. The molecule has 1 amide bonds. The van der Waals surface area contributed by atoms with Gasteiger partial charge in [0.1, 0.15) is 11.4 Å². The zero-order valence-corrected chi connectivity index (χ0v) is 11.5. The predicted octanol–water partition coefficient (Wildman–Crippen LogP) is 1.01. The van der Waals surface area contributed by atoms with Crippen LogP contribution in [0.4, 0.5) is 11.4 Å². The van der Waals surface area contributed by atoms with Crippen molar-refractivity contribution in [3.05, 3.63) is 30.9 Å². The fourth-order valence-corrected chi connectivity index (χ4v) is 2.72. The second-order valence-corrected chi connectivity index (χ2v) is 4.94. The molecular formula is C15H19N3O2. The number of fused-ring (bicyclic) bond motifs is 1. The maximum atomic E-state index is 12.1. The third-order valence-corrected chi connectivity index (χ3v) is 3.67. The average Bonchev–Trinajstić information content (AvgIpc) is 2.50. The van der Waals surface area contributed by atoms with Crippen molar-refractivity contribution in [3.8, 4) is 5.75 Å². The number of anilines is 2. The SMILES string of the molecule is C=CCN1C(=O)COc2cccc(N3CCNCC3)c21. The van der Waals surface area contributed by atoms with E-state index in [1.54, 1.807) is 11.0 Å². The lowest BCUT2D eigenvalue weighted by Gasteiger charge is -2.36. The van der Waals surface area contributed by atoms with Crippen molar-refractivity contribution in [3.63, 3.8) is 0 Å². The highest BCUT2D eigenvalue weighted by atomic mass is 16.5. The van der Waals surface area contributed by atoms with E-state index in [1.165, 1.54) is 0 Å². The summed E-state index contributed by atoms with van der Waals surface area (Å²) in [6.07, 6.45) is 1.75. The number of ether oxygens (including phenoxy) is 1. The van der Waals surface area contributed by atoms with Gasteiger partial charge in [0.05, 0.1) is 5.69 Å². The molecule has 3 rings (SSSR count). The van der Waals surface area contributed by atoms with Crippen LogP contribution in [0.15, 0.2) is 30.9 Å². The molecule has 0 bridgehead atoms. The second kappa shape index (κ2) is 5.54. The molecule has 2 aliphatic rings. The summed E-state index contributed by atoms with van der Waals surface area (Å²) in [6, 6.07) is 5.96. The maximum Gasteiger partial charge on any atom is 0.265 e. The molecule has 5 nitrogen and oxygen atoms in total. The molecule has 1 fully saturated rings. The number of para-hydroxylation sites is 1. The molecule has 2 heterocycles. The molecule has 0 spiro atoms. The maximum absolute atomic E-state index is 12.1. The topological polar surface area (TPSA) is 44.8 Å². The molecular weight excluding hydrogens is 254 g/mol. The first kappa shape index (κ1) is 13.0. The van der Waals surface area contributed by atoms with E-state index in [0.717, 1.165) is 43.3 Å². The largest absolute Gasteiger partial charge is 0.481 e. The van der Waals surface area contributed by atoms with Crippen LogP contribution < -0.4 is 19.9 Å². The summed E-state index contributed by atoms with van der Waals surface area (Å²) < 4.78 is 5.58. The quantitative estimate of drug-likeness (QED) is 0.835. The monoisotopic (exact) mass is 273 g/mol. The van der Waals surface area contributed by atoms with Gasteiger partial charge in [-0.05, 0) is 12.1 Å². The zero-order valence-electron chi connectivity index (χ0n) is 11.5. The van der Waals surface area contributed by atoms with Gasteiger partial charge in [-0.2, -0.15) is 0 Å². The minimum Gasteiger partial charge on any atom is -0.481 e. The van der Waals surface area contributed by atoms with Gasteiger partial charge < -0.3 is 19.9 Å². The summed E-state index contributed by atoms with van der Waals surface area (Å²) in [5, 5.41) is 3.34. The molecule has 0 unspecified atom stereocenters. The van der Waals surface area contributed by atoms with Gasteiger partial charge in [-0.1, -0.05) is 12.1 Å². The first-order valence-electron chi connectivity index (χ1n) is 6.94. The van der Waals surface area contributed by atoms with Gasteiger partial charge in [-0.25, -0.2) is 0 Å². The Kier molecular flexibility index (Phi) is 3.60. The number of nitrogens with one attached hydrogen (secondary N) is 1. The number of carbonyl (C=O) groups is 1. The molecule has 1 aromatic carbocycles. The highest BCUT2D eigenvalue weighted by Gasteiger charge is 2.29. The van der Waals surface area contributed by atoms with Crippen LogP contribution >= 0.6 is 0 Å². The van der Waals surface area contributed by atoms with Crippen molar-refractivity contribution in [1.82, 2.24) is 5.32 Å². The number of nitrogens with zero attached hydrogens (tertiary/aromatic N) is 2. The van der Waals surface area contributed by atoms with E-state index in [-0.39, 0.29) is 12.5 Å². The summed E-state index contributed by atoms with van der Waals surface area (Å²) >= 11 is 0. The van der Waals surface area contributed by atoms with Crippen LogP contribution in [0.3, 0.4) is 0 Å². The molecule has 1 N–H and O–H groups in total. The number of hydrogen-bond acceptors (Lipinski definition) is 4. The molecule has 0 atom stereocenters. The summed E-state index contributed by atoms with van der Waals surface area (Å²) in [5.74, 6) is 0.766. The van der Waals surface area contributed by atoms with Crippen LogP contribution in [0.5, 0.6) is 5.75 Å². The minimum atomic E-state index is -0.0139. The zero-order chi connectivity index (χ0) is 13.9. The van der Waals surface area contributed by atoms with E-state index in [0.29, 0.717) is 6.54 Å². The molecule has 0 radical (unpaired) electrons. The van der Waals surface area contributed by atoms with Crippen molar-refractivity contribution in [2.24, 2.45) is 0 Å². The Morgan fingerprint density at radius 2 is 2.15 bits per heavy atom. The van der Waals surface area contributed by atoms with Gasteiger partial charge >= 0.3 is 0 Å². The van der Waals surface area contributed by atoms with Gasteiger partial charge in [0.2, 0.25) is 0 Å². The van der Waals surface area contributed by atoms with E-state index in [1.807, 2.05) is 12.1 Å². The fraction of sp³-hybridized carbons (Fsp3) is 0.400. The first-order chi connectivity index (χ1) is 9.81. The third-order valence-electron chi connectivity index (χ3n) is 3.67. The Bertz CT molecular complexity index is 524. The summed E-state index contributed by atoms with van der Waals surface area (Å²) in [7, 11) is 0. The summed E-state index contributed by atoms with van der Waals surface area (Å²) in [6.45, 7) is 8.15. The van der Waals surface area contributed by atoms with E-state index in [2.05, 4.69) is 22.9 Å². The Morgan fingerprint density at radius 1 is 1.35 bits per heavy atom. The van der Waals surface area contributed by atoms with Crippen molar-refractivity contribution in [1.29, 1.82) is 0 Å². The Labute approximate surface area is 118 Å². The van der Waals surface area contributed by atoms with Crippen LogP contribution in [-0.4, -0.2) is 45.2 Å². The van der Waals surface area contributed by atoms with E-state index >= 15 is 0 Å². The van der Waals surface area contributed by atoms with Gasteiger partial charge in [0.15, 0.2) is 6.61 Å². The van der Waals surface area contributed by atoms with Gasteiger partial charge in [0, 0.05) is 32.7 Å². The smallest absolute Gasteiger partial charge is 0.265 e. The number of rotatable bonds is 3. The third kappa shape index (κ3) is 2.25. The van der Waals surface area contributed by atoms with Crippen LogP contribution in [-0.2, 0) is 4.79 Å². The van der Waals surface area contributed by atoms with Gasteiger partial charge in [0.25, 0.3) is 5.91 Å². The normalized spacial score (nSPS) is 18.5.